The minimum absolute atomic E-state index is 0.143. The first-order valence-electron chi connectivity index (χ1n) is 13.7. The number of amides is 1. The largest absolute Gasteiger partial charge is 0.494 e. The Morgan fingerprint density at radius 1 is 1.00 bits per heavy atom. The maximum atomic E-state index is 12.8. The van der Waals surface area contributed by atoms with Crippen molar-refractivity contribution in [3.63, 3.8) is 0 Å². The second-order valence-electron chi connectivity index (χ2n) is 9.70. The molecule has 1 aliphatic heterocycles. The highest BCUT2D eigenvalue weighted by Crippen LogP contribution is 2.46. The molecule has 2 heterocycles. The monoisotopic (exact) mass is 591 g/mol. The number of aromatic nitrogens is 1. The van der Waals surface area contributed by atoms with E-state index >= 15 is 0 Å². The zero-order valence-corrected chi connectivity index (χ0v) is 24.9. The van der Waals surface area contributed by atoms with Crippen LogP contribution in [-0.2, 0) is 4.79 Å². The standard InChI is InChI=1S/C34H29N3O3S2/c1-3-39-24-18-16-23(17-19-24)33-27(20-35-37-31(38)21-41-34-36-28-13-7-9-15-30(28)42-34)32(25-11-5-4-10-22(25)2)26-12-6-8-14-29(26)40-33/h4-20,32H,3,21H2,1-2H3,(H,37,38)/b35-20+. The Balaban J connectivity index is 1.32. The van der Waals surface area contributed by atoms with Crippen LogP contribution in [0.15, 0.2) is 112 Å². The molecule has 5 aromatic rings. The molecule has 0 aliphatic carbocycles. The van der Waals surface area contributed by atoms with Crippen LogP contribution in [0.2, 0.25) is 0 Å². The summed E-state index contributed by atoms with van der Waals surface area (Å²) in [7, 11) is 0. The molecule has 0 fully saturated rings. The molecule has 6 rings (SSSR count). The molecule has 0 radical (unpaired) electrons. The average Bonchev–Trinajstić information content (AvgIpc) is 3.44. The molecule has 6 nitrogen and oxygen atoms in total. The Morgan fingerprint density at radius 2 is 1.74 bits per heavy atom. The number of hydrazone groups is 1. The third kappa shape index (κ3) is 5.95. The van der Waals surface area contributed by atoms with E-state index < -0.39 is 0 Å². The summed E-state index contributed by atoms with van der Waals surface area (Å²) >= 11 is 2.99. The van der Waals surface area contributed by atoms with Crippen LogP contribution in [0.5, 0.6) is 11.5 Å². The number of para-hydroxylation sites is 2. The number of rotatable bonds is 9. The highest BCUT2D eigenvalue weighted by atomic mass is 32.2. The van der Waals surface area contributed by atoms with Crippen molar-refractivity contribution in [2.75, 3.05) is 12.4 Å². The van der Waals surface area contributed by atoms with Gasteiger partial charge in [0.05, 0.1) is 28.8 Å². The number of benzene rings is 4. The van der Waals surface area contributed by atoms with Crippen molar-refractivity contribution in [2.24, 2.45) is 5.10 Å². The first kappa shape index (κ1) is 27.8. The van der Waals surface area contributed by atoms with Gasteiger partial charge in [0.25, 0.3) is 5.91 Å². The van der Waals surface area contributed by atoms with Gasteiger partial charge < -0.3 is 9.47 Å². The Kier molecular flexibility index (Phi) is 8.35. The van der Waals surface area contributed by atoms with Gasteiger partial charge in [0.2, 0.25) is 0 Å². The van der Waals surface area contributed by atoms with Crippen molar-refractivity contribution in [3.05, 3.63) is 125 Å². The molecule has 42 heavy (non-hydrogen) atoms. The lowest BCUT2D eigenvalue weighted by atomic mass is 9.80. The Morgan fingerprint density at radius 3 is 2.52 bits per heavy atom. The number of aryl methyl sites for hydroxylation is 1. The summed E-state index contributed by atoms with van der Waals surface area (Å²) in [6.45, 7) is 4.67. The van der Waals surface area contributed by atoms with Crippen molar-refractivity contribution in [3.8, 4) is 11.5 Å². The predicted octanol–water partition coefficient (Wildman–Crippen LogP) is 7.83. The number of hydrogen-bond acceptors (Lipinski definition) is 7. The summed E-state index contributed by atoms with van der Waals surface area (Å²) in [4.78, 5) is 17.4. The summed E-state index contributed by atoms with van der Waals surface area (Å²) in [5.41, 5.74) is 8.76. The van der Waals surface area contributed by atoms with Gasteiger partial charge in [-0.2, -0.15) is 5.10 Å². The molecule has 1 N–H and O–H groups in total. The zero-order valence-electron chi connectivity index (χ0n) is 23.2. The summed E-state index contributed by atoms with van der Waals surface area (Å²) in [5.74, 6) is 2.14. The molecule has 0 spiro atoms. The van der Waals surface area contributed by atoms with E-state index in [1.165, 1.54) is 11.8 Å². The van der Waals surface area contributed by atoms with Crippen molar-refractivity contribution in [1.82, 2.24) is 10.4 Å². The predicted molar refractivity (Wildman–Crippen MR) is 172 cm³/mol. The quantitative estimate of drug-likeness (QED) is 0.107. The third-order valence-corrected chi connectivity index (χ3v) is 9.12. The number of carbonyl (C=O) groups is 1. The molecule has 0 saturated carbocycles. The Hall–Kier alpha value is -4.40. The number of ether oxygens (including phenoxy) is 2. The highest BCUT2D eigenvalue weighted by molar-refractivity contribution is 8.01. The molecule has 1 aliphatic rings. The number of thioether (sulfide) groups is 1. The minimum atomic E-state index is -0.205. The van der Waals surface area contributed by atoms with E-state index in [9.17, 15) is 4.79 Å². The lowest BCUT2D eigenvalue weighted by molar-refractivity contribution is -0.118. The number of nitrogens with zero attached hydrogens (tertiary/aromatic N) is 2. The van der Waals surface area contributed by atoms with Gasteiger partial charge in [-0.05, 0) is 67.4 Å². The van der Waals surface area contributed by atoms with Crippen LogP contribution in [0.4, 0.5) is 0 Å². The van der Waals surface area contributed by atoms with E-state index in [1.807, 2.05) is 85.8 Å². The van der Waals surface area contributed by atoms with Crippen LogP contribution in [0.3, 0.4) is 0 Å². The van der Waals surface area contributed by atoms with Gasteiger partial charge in [0.15, 0.2) is 4.34 Å². The third-order valence-electron chi connectivity index (χ3n) is 6.94. The number of carbonyl (C=O) groups excluding carboxylic acids is 1. The van der Waals surface area contributed by atoms with Gasteiger partial charge in [-0.1, -0.05) is 66.4 Å². The summed E-state index contributed by atoms with van der Waals surface area (Å²) in [5, 5.41) is 4.43. The molecule has 0 saturated heterocycles. The average molecular weight is 592 g/mol. The Labute approximate surface area is 253 Å². The fourth-order valence-electron chi connectivity index (χ4n) is 5.00. The lowest BCUT2D eigenvalue weighted by Gasteiger charge is -2.30. The number of allylic oxidation sites excluding steroid dienone is 1. The van der Waals surface area contributed by atoms with Crippen LogP contribution in [-0.4, -0.2) is 29.5 Å². The van der Waals surface area contributed by atoms with Crippen molar-refractivity contribution >= 4 is 51.2 Å². The molecular weight excluding hydrogens is 563 g/mol. The molecule has 8 heteroatoms. The Bertz CT molecular complexity index is 1760. The molecule has 1 aromatic heterocycles. The lowest BCUT2D eigenvalue weighted by Crippen LogP contribution is -2.22. The maximum Gasteiger partial charge on any atom is 0.250 e. The first-order chi connectivity index (χ1) is 20.6. The fraction of sp³-hybridized carbons (Fsp3) is 0.147. The molecule has 1 amide bonds. The SMILES string of the molecule is CCOc1ccc(C2=C(/C=N/NC(=O)CSc3nc4ccccc4s3)C(c3ccccc3C)c3ccccc3O2)cc1. The number of thiazole rings is 1. The van der Waals surface area contributed by atoms with Gasteiger partial charge in [0, 0.05) is 22.6 Å². The fourth-order valence-corrected chi connectivity index (χ4v) is 6.86. The van der Waals surface area contributed by atoms with Crippen LogP contribution < -0.4 is 14.9 Å². The number of fused-ring (bicyclic) bond motifs is 2. The summed E-state index contributed by atoms with van der Waals surface area (Å²) < 4.78 is 14.2. The van der Waals surface area contributed by atoms with Gasteiger partial charge in [-0.15, -0.1) is 11.3 Å². The smallest absolute Gasteiger partial charge is 0.250 e. The second kappa shape index (κ2) is 12.6. The van der Waals surface area contributed by atoms with Crippen LogP contribution in [0.25, 0.3) is 16.0 Å². The molecule has 1 unspecified atom stereocenters. The molecule has 4 aromatic carbocycles. The molecule has 0 bridgehead atoms. The molecule has 1 atom stereocenters. The van der Waals surface area contributed by atoms with E-state index in [1.54, 1.807) is 17.6 Å². The van der Waals surface area contributed by atoms with Crippen LogP contribution >= 0.6 is 23.1 Å². The van der Waals surface area contributed by atoms with E-state index in [0.717, 1.165) is 53.9 Å². The molecular formula is C34H29N3O3S2. The highest BCUT2D eigenvalue weighted by Gasteiger charge is 2.31. The van der Waals surface area contributed by atoms with Gasteiger partial charge in [-0.25, -0.2) is 10.4 Å². The van der Waals surface area contributed by atoms with Crippen LogP contribution in [0.1, 0.15) is 35.1 Å². The zero-order chi connectivity index (χ0) is 28.9. The number of nitrogens with one attached hydrogen (secondary N) is 1. The second-order valence-corrected chi connectivity index (χ2v) is 12.0. The minimum Gasteiger partial charge on any atom is -0.494 e. The van der Waals surface area contributed by atoms with Gasteiger partial charge in [-0.3, -0.25) is 4.79 Å². The number of hydrogen-bond donors (Lipinski definition) is 1. The van der Waals surface area contributed by atoms with Gasteiger partial charge >= 0.3 is 0 Å². The van der Waals surface area contributed by atoms with E-state index in [0.29, 0.717) is 12.4 Å². The maximum absolute atomic E-state index is 12.8. The van der Waals surface area contributed by atoms with Crippen LogP contribution in [0, 0.1) is 6.92 Å². The van der Waals surface area contributed by atoms with E-state index in [-0.39, 0.29) is 17.6 Å². The van der Waals surface area contributed by atoms with E-state index in [2.05, 4.69) is 40.6 Å². The van der Waals surface area contributed by atoms with Gasteiger partial charge in [0.1, 0.15) is 17.3 Å². The molecule has 210 valence electrons. The topological polar surface area (TPSA) is 72.8 Å². The van der Waals surface area contributed by atoms with E-state index in [4.69, 9.17) is 9.47 Å². The summed E-state index contributed by atoms with van der Waals surface area (Å²) in [6, 6.07) is 32.2. The first-order valence-corrected chi connectivity index (χ1v) is 15.5. The van der Waals surface area contributed by atoms with Crippen molar-refractivity contribution in [1.29, 1.82) is 0 Å². The van der Waals surface area contributed by atoms with Crippen molar-refractivity contribution in [2.45, 2.75) is 24.1 Å². The normalized spacial score (nSPS) is 14.6. The summed E-state index contributed by atoms with van der Waals surface area (Å²) in [6.07, 6.45) is 1.72. The van der Waals surface area contributed by atoms with Crippen molar-refractivity contribution < 1.29 is 14.3 Å².